The van der Waals surface area contributed by atoms with Crippen molar-refractivity contribution in [3.63, 3.8) is 0 Å². The van der Waals surface area contributed by atoms with E-state index in [2.05, 4.69) is 39.5 Å². The molecule has 0 spiro atoms. The molecular weight excluding hydrogens is 644 g/mol. The van der Waals surface area contributed by atoms with Crippen molar-refractivity contribution < 1.29 is 23.9 Å². The molecule has 1 aromatic heterocycles. The highest BCUT2D eigenvalue weighted by molar-refractivity contribution is 5.97. The SMILES string of the molecule is CC(C)(C)OC(=O)N1CCCC1C(=O)Nc1ccc(CN(Cc2ccc3nc(C4CCCN4C(=O)OC(C)(C)C)[nH]c3c2)c2ccccc2)cc1. The molecule has 4 aromatic rings. The first-order chi connectivity index (χ1) is 24.2. The molecule has 3 aromatic carbocycles. The van der Waals surface area contributed by atoms with Crippen LogP contribution in [0.15, 0.2) is 72.8 Å². The van der Waals surface area contributed by atoms with Crippen molar-refractivity contribution in [2.24, 2.45) is 0 Å². The van der Waals surface area contributed by atoms with Gasteiger partial charge in [0.2, 0.25) is 5.91 Å². The van der Waals surface area contributed by atoms with E-state index in [9.17, 15) is 14.4 Å². The number of nitrogens with one attached hydrogen (secondary N) is 2. The standard InChI is InChI=1S/C40H50N6O5/c1-39(2,3)50-37(48)45-22-10-14-33(45)35-42-31-21-18-28(24-32(31)43-35)26-44(30-12-8-7-9-13-30)25-27-16-19-29(20-17-27)41-36(47)34-15-11-23-46(34)38(49)51-40(4,5)6/h7-9,12-13,16-21,24,33-34H,10-11,14-15,22-23,25-26H2,1-6H3,(H,41,47)(H,42,43). The molecule has 2 aliphatic heterocycles. The number of carbonyl (C=O) groups is 3. The number of anilines is 2. The summed E-state index contributed by atoms with van der Waals surface area (Å²) in [7, 11) is 0. The number of hydrogen-bond acceptors (Lipinski definition) is 7. The number of likely N-dealkylation sites (tertiary alicyclic amines) is 2. The third kappa shape index (κ3) is 9.00. The normalized spacial score (nSPS) is 17.8. The second-order valence-corrected chi connectivity index (χ2v) is 15.5. The van der Waals surface area contributed by atoms with E-state index < -0.39 is 23.3 Å². The van der Waals surface area contributed by atoms with Gasteiger partial charge in [-0.15, -0.1) is 0 Å². The van der Waals surface area contributed by atoms with E-state index >= 15 is 0 Å². The Morgan fingerprint density at radius 1 is 0.804 bits per heavy atom. The Labute approximate surface area is 300 Å². The smallest absolute Gasteiger partial charge is 0.410 e. The van der Waals surface area contributed by atoms with Crippen LogP contribution in [-0.4, -0.2) is 68.2 Å². The van der Waals surface area contributed by atoms with Crippen LogP contribution in [0.5, 0.6) is 0 Å². The maximum Gasteiger partial charge on any atom is 0.410 e. The van der Waals surface area contributed by atoms with Gasteiger partial charge in [-0.05, 0) is 115 Å². The Bertz CT molecular complexity index is 1840. The Balaban J connectivity index is 1.13. The number of fused-ring (bicyclic) bond motifs is 1. The fourth-order valence-corrected chi connectivity index (χ4v) is 6.74. The van der Waals surface area contributed by atoms with E-state index in [1.54, 1.807) is 4.90 Å². The molecule has 2 atom stereocenters. The summed E-state index contributed by atoms with van der Waals surface area (Å²) in [5.74, 6) is 0.572. The van der Waals surface area contributed by atoms with E-state index in [0.29, 0.717) is 38.3 Å². The van der Waals surface area contributed by atoms with Gasteiger partial charge in [0.05, 0.1) is 17.1 Å². The summed E-state index contributed by atoms with van der Waals surface area (Å²) in [4.78, 5) is 52.9. The number of nitrogens with zero attached hydrogens (tertiary/aromatic N) is 4. The fourth-order valence-electron chi connectivity index (χ4n) is 6.74. The van der Waals surface area contributed by atoms with Crippen molar-refractivity contribution in [1.29, 1.82) is 0 Å². The molecule has 2 aliphatic rings. The average molecular weight is 695 g/mol. The molecule has 51 heavy (non-hydrogen) atoms. The van der Waals surface area contributed by atoms with Crippen LogP contribution in [0.2, 0.25) is 0 Å². The van der Waals surface area contributed by atoms with E-state index in [4.69, 9.17) is 14.5 Å². The van der Waals surface area contributed by atoms with Gasteiger partial charge in [-0.25, -0.2) is 14.6 Å². The van der Waals surface area contributed by atoms with Crippen molar-refractivity contribution >= 4 is 40.5 Å². The van der Waals surface area contributed by atoms with Crippen molar-refractivity contribution in [3.05, 3.63) is 89.7 Å². The lowest BCUT2D eigenvalue weighted by atomic mass is 10.1. The monoisotopic (exact) mass is 694 g/mol. The number of carbonyl (C=O) groups excluding carboxylic acids is 3. The van der Waals surface area contributed by atoms with Gasteiger partial charge in [0.1, 0.15) is 23.1 Å². The second-order valence-electron chi connectivity index (χ2n) is 15.5. The number of ether oxygens (including phenoxy) is 2. The van der Waals surface area contributed by atoms with Gasteiger partial charge in [-0.2, -0.15) is 0 Å². The number of imidazole rings is 1. The summed E-state index contributed by atoms with van der Waals surface area (Å²) in [6.45, 7) is 13.6. The van der Waals surface area contributed by atoms with Crippen molar-refractivity contribution in [3.8, 4) is 0 Å². The summed E-state index contributed by atoms with van der Waals surface area (Å²) in [6.07, 6.45) is 2.33. The van der Waals surface area contributed by atoms with Crippen LogP contribution in [0.1, 0.15) is 90.2 Å². The van der Waals surface area contributed by atoms with E-state index in [1.807, 2.05) is 90.1 Å². The van der Waals surface area contributed by atoms with Gasteiger partial charge in [-0.3, -0.25) is 14.6 Å². The lowest BCUT2D eigenvalue weighted by Crippen LogP contribution is -2.45. The predicted octanol–water partition coefficient (Wildman–Crippen LogP) is 8.18. The van der Waals surface area contributed by atoms with E-state index in [1.165, 1.54) is 4.90 Å². The molecule has 0 aliphatic carbocycles. The highest BCUT2D eigenvalue weighted by atomic mass is 16.6. The summed E-state index contributed by atoms with van der Waals surface area (Å²) in [5.41, 5.74) is 4.58. The zero-order chi connectivity index (χ0) is 36.3. The summed E-state index contributed by atoms with van der Waals surface area (Å²) >= 11 is 0. The molecule has 11 nitrogen and oxygen atoms in total. The third-order valence-corrected chi connectivity index (χ3v) is 9.03. The Morgan fingerprint density at radius 2 is 1.41 bits per heavy atom. The van der Waals surface area contributed by atoms with Gasteiger partial charge in [0.25, 0.3) is 0 Å². The van der Waals surface area contributed by atoms with E-state index in [-0.39, 0.29) is 18.0 Å². The Morgan fingerprint density at radius 3 is 2.10 bits per heavy atom. The first-order valence-electron chi connectivity index (χ1n) is 17.9. The first-order valence-corrected chi connectivity index (χ1v) is 17.9. The van der Waals surface area contributed by atoms with Gasteiger partial charge in [-0.1, -0.05) is 36.4 Å². The van der Waals surface area contributed by atoms with Gasteiger partial charge >= 0.3 is 12.2 Å². The quantitative estimate of drug-likeness (QED) is 0.191. The molecule has 0 bridgehead atoms. The maximum absolute atomic E-state index is 13.2. The highest BCUT2D eigenvalue weighted by Gasteiger charge is 2.37. The van der Waals surface area contributed by atoms with E-state index in [0.717, 1.165) is 52.9 Å². The van der Waals surface area contributed by atoms with Crippen molar-refractivity contribution in [2.45, 2.75) is 104 Å². The predicted molar refractivity (Wildman–Crippen MR) is 198 cm³/mol. The van der Waals surface area contributed by atoms with Crippen LogP contribution < -0.4 is 10.2 Å². The zero-order valence-electron chi connectivity index (χ0n) is 30.6. The second kappa shape index (κ2) is 14.7. The van der Waals surface area contributed by atoms with Crippen LogP contribution in [0.3, 0.4) is 0 Å². The lowest BCUT2D eigenvalue weighted by Gasteiger charge is -2.28. The average Bonchev–Trinajstić information content (AvgIpc) is 3.84. The summed E-state index contributed by atoms with van der Waals surface area (Å²) in [6, 6.07) is 23.7. The third-order valence-electron chi connectivity index (χ3n) is 9.03. The molecule has 2 unspecified atom stereocenters. The number of benzene rings is 3. The van der Waals surface area contributed by atoms with Crippen LogP contribution in [0, 0.1) is 0 Å². The van der Waals surface area contributed by atoms with Crippen LogP contribution in [0.25, 0.3) is 11.0 Å². The minimum atomic E-state index is -0.623. The zero-order valence-corrected chi connectivity index (χ0v) is 30.6. The molecule has 3 heterocycles. The first kappa shape index (κ1) is 35.8. The minimum absolute atomic E-state index is 0.147. The minimum Gasteiger partial charge on any atom is -0.444 e. The number of H-pyrrole nitrogens is 1. The lowest BCUT2D eigenvalue weighted by molar-refractivity contribution is -0.120. The van der Waals surface area contributed by atoms with Crippen LogP contribution in [-0.2, 0) is 27.4 Å². The highest BCUT2D eigenvalue weighted by Crippen LogP contribution is 2.33. The van der Waals surface area contributed by atoms with Crippen molar-refractivity contribution in [2.75, 3.05) is 23.3 Å². The molecule has 2 saturated heterocycles. The maximum atomic E-state index is 13.2. The topological polar surface area (TPSA) is 120 Å². The Kier molecular flexibility index (Phi) is 10.3. The molecule has 0 radical (unpaired) electrons. The number of hydrogen-bond donors (Lipinski definition) is 2. The number of rotatable bonds is 8. The molecule has 270 valence electrons. The molecule has 0 saturated carbocycles. The van der Waals surface area contributed by atoms with Gasteiger partial charge in [0.15, 0.2) is 0 Å². The molecule has 2 fully saturated rings. The summed E-state index contributed by atoms with van der Waals surface area (Å²) < 4.78 is 11.2. The van der Waals surface area contributed by atoms with Gasteiger partial charge in [0, 0.05) is 37.6 Å². The fraction of sp³-hybridized carbons (Fsp3) is 0.450. The molecule has 3 amide bonds. The number of aromatic nitrogens is 2. The summed E-state index contributed by atoms with van der Waals surface area (Å²) in [5, 5.41) is 3.00. The number of amides is 3. The molecule has 6 rings (SSSR count). The molecular formula is C40H50N6O5. The molecule has 2 N–H and O–H groups in total. The van der Waals surface area contributed by atoms with Crippen LogP contribution in [0.4, 0.5) is 21.0 Å². The van der Waals surface area contributed by atoms with Gasteiger partial charge < -0.3 is 24.7 Å². The molecule has 11 heteroatoms. The Hall–Kier alpha value is -5.06. The number of aromatic amines is 1. The largest absolute Gasteiger partial charge is 0.444 e. The van der Waals surface area contributed by atoms with Crippen molar-refractivity contribution in [1.82, 2.24) is 19.8 Å². The van der Waals surface area contributed by atoms with Crippen LogP contribution >= 0.6 is 0 Å². The number of para-hydroxylation sites is 1.